The first-order valence-electron chi connectivity index (χ1n) is 12.7. The molecule has 2 aliphatic heterocycles. The molecule has 0 aliphatic carbocycles. The van der Waals surface area contributed by atoms with Gasteiger partial charge in [-0.25, -0.2) is 4.68 Å². The summed E-state index contributed by atoms with van der Waals surface area (Å²) in [5, 5.41) is 9.32. The molecule has 4 aromatic rings. The van der Waals surface area contributed by atoms with Crippen molar-refractivity contribution in [3.05, 3.63) is 112 Å². The number of carbonyl (C=O) groups excluding carboxylic acids is 1. The molecule has 0 saturated carbocycles. The molecule has 0 spiro atoms. The Hall–Kier alpha value is -3.74. The summed E-state index contributed by atoms with van der Waals surface area (Å²) in [6, 6.07) is 27.5. The highest BCUT2D eigenvalue weighted by atomic mass is 35.5. The van der Waals surface area contributed by atoms with Gasteiger partial charge < -0.3 is 15.1 Å². The van der Waals surface area contributed by atoms with Crippen molar-refractivity contribution in [2.45, 2.75) is 13.0 Å². The first-order valence-corrected chi connectivity index (χ1v) is 13.4. The van der Waals surface area contributed by atoms with Crippen LogP contribution in [0.15, 0.2) is 96.2 Å². The van der Waals surface area contributed by atoms with E-state index in [0.29, 0.717) is 28.7 Å². The zero-order valence-corrected chi connectivity index (χ0v) is 22.5. The van der Waals surface area contributed by atoms with Crippen molar-refractivity contribution in [2.24, 2.45) is 0 Å². The minimum atomic E-state index is -0.446. The predicted octanol–water partition coefficient (Wildman–Crippen LogP) is 6.49. The van der Waals surface area contributed by atoms with Gasteiger partial charge in [0.05, 0.1) is 21.3 Å². The van der Waals surface area contributed by atoms with Gasteiger partial charge in [0.1, 0.15) is 11.9 Å². The number of amides is 1. The van der Waals surface area contributed by atoms with Crippen molar-refractivity contribution in [1.82, 2.24) is 14.7 Å². The van der Waals surface area contributed by atoms with E-state index in [4.69, 9.17) is 28.3 Å². The van der Waals surface area contributed by atoms with Crippen LogP contribution >= 0.6 is 23.2 Å². The Kier molecular flexibility index (Phi) is 6.60. The molecule has 1 fully saturated rings. The number of para-hydroxylation sites is 1. The first kappa shape index (κ1) is 24.6. The summed E-state index contributed by atoms with van der Waals surface area (Å²) >= 11 is 12.7. The predicted molar refractivity (Wildman–Crippen MR) is 154 cm³/mol. The maximum absolute atomic E-state index is 14.1. The minimum absolute atomic E-state index is 0.00111. The van der Waals surface area contributed by atoms with E-state index in [0.717, 1.165) is 41.4 Å². The quantitative estimate of drug-likeness (QED) is 0.319. The maximum Gasteiger partial charge on any atom is 0.254 e. The highest BCUT2D eigenvalue weighted by Crippen LogP contribution is 2.40. The minimum Gasteiger partial charge on any atom is -0.368 e. The summed E-state index contributed by atoms with van der Waals surface area (Å²) in [6.07, 6.45) is 0. The number of allylic oxidation sites excluding steroid dienone is 1. The molecule has 6 rings (SSSR count). The van der Waals surface area contributed by atoms with Gasteiger partial charge in [-0.1, -0.05) is 77.8 Å². The zero-order chi connectivity index (χ0) is 26.2. The fourth-order valence-corrected chi connectivity index (χ4v) is 5.57. The van der Waals surface area contributed by atoms with Crippen LogP contribution in [0.1, 0.15) is 18.5 Å². The van der Waals surface area contributed by atoms with E-state index in [1.807, 2.05) is 83.2 Å². The average Bonchev–Trinajstić information content (AvgIpc) is 3.38. The van der Waals surface area contributed by atoms with E-state index >= 15 is 0 Å². The second-order valence-electron chi connectivity index (χ2n) is 9.58. The van der Waals surface area contributed by atoms with Crippen molar-refractivity contribution >= 4 is 40.6 Å². The van der Waals surface area contributed by atoms with Gasteiger partial charge in [0.15, 0.2) is 0 Å². The molecule has 192 valence electrons. The Labute approximate surface area is 232 Å². The largest absolute Gasteiger partial charge is 0.368 e. The number of hydrogen-bond donors (Lipinski definition) is 1. The van der Waals surface area contributed by atoms with Gasteiger partial charge >= 0.3 is 0 Å². The average molecular weight is 544 g/mol. The van der Waals surface area contributed by atoms with Crippen LogP contribution in [0.4, 0.5) is 11.5 Å². The molecule has 38 heavy (non-hydrogen) atoms. The molecule has 0 bridgehead atoms. The van der Waals surface area contributed by atoms with Crippen LogP contribution < -0.4 is 10.2 Å². The summed E-state index contributed by atoms with van der Waals surface area (Å²) in [5.41, 5.74) is 5.34. The Morgan fingerprint density at radius 3 is 2.24 bits per heavy atom. The normalized spacial score (nSPS) is 17.3. The number of hydrogen-bond acceptors (Lipinski definition) is 4. The number of benzene rings is 3. The van der Waals surface area contributed by atoms with Gasteiger partial charge in [0.25, 0.3) is 5.91 Å². The number of halogens is 2. The number of piperazine rings is 1. The van der Waals surface area contributed by atoms with Gasteiger partial charge in [-0.3, -0.25) is 4.79 Å². The van der Waals surface area contributed by atoms with Crippen molar-refractivity contribution in [1.29, 1.82) is 0 Å². The maximum atomic E-state index is 14.1. The summed E-state index contributed by atoms with van der Waals surface area (Å²) in [5.74, 6) is 0.823. The van der Waals surface area contributed by atoms with E-state index in [1.54, 1.807) is 6.07 Å². The molecule has 6 nitrogen and oxygen atoms in total. The summed E-state index contributed by atoms with van der Waals surface area (Å²) in [6.45, 7) is 4.78. The van der Waals surface area contributed by atoms with Crippen LogP contribution in [-0.4, -0.2) is 46.8 Å². The Morgan fingerprint density at radius 2 is 1.55 bits per heavy atom. The summed E-state index contributed by atoms with van der Waals surface area (Å²) < 4.78 is 1.89. The van der Waals surface area contributed by atoms with E-state index < -0.39 is 6.04 Å². The van der Waals surface area contributed by atoms with E-state index in [-0.39, 0.29) is 5.91 Å². The van der Waals surface area contributed by atoms with Crippen molar-refractivity contribution in [2.75, 3.05) is 36.4 Å². The molecule has 1 atom stereocenters. The Bertz CT molecular complexity index is 1510. The summed E-state index contributed by atoms with van der Waals surface area (Å²) in [7, 11) is 0. The lowest BCUT2D eigenvalue weighted by Gasteiger charge is -2.38. The van der Waals surface area contributed by atoms with Gasteiger partial charge in [0.2, 0.25) is 0 Å². The van der Waals surface area contributed by atoms with Crippen LogP contribution in [0.25, 0.3) is 11.3 Å². The molecule has 1 saturated heterocycles. The number of aromatic nitrogens is 2. The third-order valence-corrected chi connectivity index (χ3v) is 7.96. The lowest BCUT2D eigenvalue weighted by Crippen LogP contribution is -2.50. The SMILES string of the molecule is CC1=C(C(=O)N2CCN(c3ccccc3)CC2)C(c2ccc(Cl)c(Cl)c2)n2nc(-c3ccccc3)cc2N1. The Balaban J connectivity index is 1.35. The molecular formula is C30H27Cl2N5O. The highest BCUT2D eigenvalue weighted by molar-refractivity contribution is 6.42. The lowest BCUT2D eigenvalue weighted by molar-refractivity contribution is -0.128. The molecule has 1 unspecified atom stereocenters. The fraction of sp³-hybridized carbons (Fsp3) is 0.200. The topological polar surface area (TPSA) is 53.4 Å². The number of anilines is 2. The van der Waals surface area contributed by atoms with E-state index in [2.05, 4.69) is 22.3 Å². The number of rotatable bonds is 4. The number of fused-ring (bicyclic) bond motifs is 1. The molecule has 0 radical (unpaired) electrons. The molecule has 2 aliphatic rings. The van der Waals surface area contributed by atoms with Crippen LogP contribution in [0.5, 0.6) is 0 Å². The van der Waals surface area contributed by atoms with Crippen LogP contribution in [0.2, 0.25) is 10.0 Å². The highest BCUT2D eigenvalue weighted by Gasteiger charge is 2.36. The molecular weight excluding hydrogens is 517 g/mol. The zero-order valence-electron chi connectivity index (χ0n) is 20.9. The summed E-state index contributed by atoms with van der Waals surface area (Å²) in [4.78, 5) is 18.4. The van der Waals surface area contributed by atoms with Gasteiger partial charge in [-0.2, -0.15) is 5.10 Å². The van der Waals surface area contributed by atoms with Crippen LogP contribution in [0, 0.1) is 0 Å². The van der Waals surface area contributed by atoms with Gasteiger partial charge in [-0.05, 0) is 36.8 Å². The van der Waals surface area contributed by atoms with Crippen molar-refractivity contribution < 1.29 is 4.79 Å². The van der Waals surface area contributed by atoms with Gasteiger partial charge in [0, 0.05) is 49.2 Å². The molecule has 3 heterocycles. The number of carbonyl (C=O) groups is 1. The fourth-order valence-electron chi connectivity index (χ4n) is 5.27. The molecule has 1 N–H and O–H groups in total. The third kappa shape index (κ3) is 4.55. The first-order chi connectivity index (χ1) is 18.5. The monoisotopic (exact) mass is 543 g/mol. The Morgan fingerprint density at radius 1 is 0.868 bits per heavy atom. The second-order valence-corrected chi connectivity index (χ2v) is 10.4. The van der Waals surface area contributed by atoms with Crippen LogP contribution in [0.3, 0.4) is 0 Å². The van der Waals surface area contributed by atoms with Crippen LogP contribution in [-0.2, 0) is 4.79 Å². The lowest BCUT2D eigenvalue weighted by atomic mass is 9.94. The van der Waals surface area contributed by atoms with Crippen molar-refractivity contribution in [3.63, 3.8) is 0 Å². The van der Waals surface area contributed by atoms with E-state index in [9.17, 15) is 4.79 Å². The smallest absolute Gasteiger partial charge is 0.254 e. The number of nitrogens with one attached hydrogen (secondary N) is 1. The molecule has 8 heteroatoms. The van der Waals surface area contributed by atoms with Crippen molar-refractivity contribution in [3.8, 4) is 11.3 Å². The second kappa shape index (κ2) is 10.2. The standard InChI is InChI=1S/C30H27Cl2N5O/c1-20-28(30(38)36-16-14-35(15-17-36)23-10-6-3-7-11-23)29(22-12-13-24(31)25(32)18-22)37-27(33-20)19-26(34-37)21-8-4-2-5-9-21/h2-13,18-19,29,33H,14-17H2,1H3. The molecule has 1 amide bonds. The van der Waals surface area contributed by atoms with E-state index in [1.165, 1.54) is 5.69 Å². The molecule has 1 aromatic heterocycles. The van der Waals surface area contributed by atoms with Gasteiger partial charge in [-0.15, -0.1) is 0 Å². The molecule has 3 aromatic carbocycles. The number of nitrogens with zero attached hydrogens (tertiary/aromatic N) is 4. The third-order valence-electron chi connectivity index (χ3n) is 7.22.